The largest absolute Gasteiger partial charge is 0.435 e. The molecule has 2 heterocycles. The van der Waals surface area contributed by atoms with Crippen molar-refractivity contribution in [3.05, 3.63) is 70.4 Å². The van der Waals surface area contributed by atoms with Crippen LogP contribution in [0.5, 0.6) is 11.6 Å². The lowest BCUT2D eigenvalue weighted by atomic mass is 10.1. The van der Waals surface area contributed by atoms with Crippen LogP contribution in [0.3, 0.4) is 0 Å². The van der Waals surface area contributed by atoms with Gasteiger partial charge in [-0.3, -0.25) is 14.6 Å². The Kier molecular flexibility index (Phi) is 4.33. The number of nitrogens with zero attached hydrogens (tertiary/aromatic N) is 4. The van der Waals surface area contributed by atoms with Gasteiger partial charge in [-0.1, -0.05) is 25.4 Å². The first-order chi connectivity index (χ1) is 15.3. The molecule has 2 N–H and O–H groups in total. The monoisotopic (exact) mass is 482 g/mol. The van der Waals surface area contributed by atoms with E-state index in [0.29, 0.717) is 0 Å². The smallest absolute Gasteiger partial charge is 0.349 e. The van der Waals surface area contributed by atoms with Crippen molar-refractivity contribution in [2.75, 3.05) is 0 Å². The van der Waals surface area contributed by atoms with E-state index < -0.39 is 40.9 Å². The Labute approximate surface area is 181 Å². The number of ether oxygens (including phenoxy) is 1. The van der Waals surface area contributed by atoms with E-state index in [1.807, 2.05) is 4.98 Å². The van der Waals surface area contributed by atoms with Gasteiger partial charge in [-0.15, -0.1) is 5.10 Å². The fraction of sp³-hybridized carbons (Fsp3) is 0.176. The summed E-state index contributed by atoms with van der Waals surface area (Å²) in [5, 5.41) is 12.6. The highest BCUT2D eigenvalue weighted by Gasteiger charge is 2.16. The number of halogens is 2. The molecule has 0 spiro atoms. The number of aromatic amines is 2. The third-order valence-corrected chi connectivity index (χ3v) is 4.36. The van der Waals surface area contributed by atoms with Gasteiger partial charge in [0.1, 0.15) is 11.8 Å². The van der Waals surface area contributed by atoms with E-state index in [0.717, 1.165) is 17.8 Å². The number of nitriles is 1. The van der Waals surface area contributed by atoms with Crippen LogP contribution >= 0.6 is 27.5 Å². The highest BCUT2D eigenvalue weighted by atomic mass is 79.9. The Morgan fingerprint density at radius 2 is 2.17 bits per heavy atom. The third kappa shape index (κ3) is 4.13. The molecule has 0 fully saturated rings. The standard InChI is InChI=1S/C17H12BrClN6O4/c1-7(2)13-16(27)21-6-12(22-13)29-14-9(18)3-8(4-10(14)19)25-17(28)23-15(26)11(5-20)24-25/h3-4,6-7H,1-2H3,(H,21,27)(H,23,26,28)/i1D3,7D. The van der Waals surface area contributed by atoms with Crippen molar-refractivity contribution < 1.29 is 10.2 Å². The van der Waals surface area contributed by atoms with E-state index in [-0.39, 0.29) is 26.8 Å². The Hall–Kier alpha value is -3.23. The van der Waals surface area contributed by atoms with Gasteiger partial charge in [0.15, 0.2) is 5.75 Å². The summed E-state index contributed by atoms with van der Waals surface area (Å²) >= 11 is 9.48. The van der Waals surface area contributed by atoms with E-state index in [1.54, 1.807) is 6.07 Å². The molecule has 2 aromatic heterocycles. The summed E-state index contributed by atoms with van der Waals surface area (Å²) in [6, 6.07) is 4.16. The van der Waals surface area contributed by atoms with Crippen molar-refractivity contribution in [3.8, 4) is 23.4 Å². The van der Waals surface area contributed by atoms with Gasteiger partial charge < -0.3 is 9.72 Å². The highest BCUT2D eigenvalue weighted by molar-refractivity contribution is 9.10. The van der Waals surface area contributed by atoms with Gasteiger partial charge in [0.25, 0.3) is 11.1 Å². The van der Waals surface area contributed by atoms with Gasteiger partial charge in [0.05, 0.1) is 21.4 Å². The number of hydrogen-bond donors (Lipinski definition) is 2. The van der Waals surface area contributed by atoms with Crippen molar-refractivity contribution in [1.29, 1.82) is 5.26 Å². The van der Waals surface area contributed by atoms with Crippen molar-refractivity contribution >= 4 is 27.5 Å². The molecular weight excluding hydrogens is 468 g/mol. The van der Waals surface area contributed by atoms with E-state index in [1.165, 1.54) is 12.1 Å². The maximum absolute atomic E-state index is 12.1. The van der Waals surface area contributed by atoms with Crippen LogP contribution in [0.2, 0.25) is 5.02 Å². The van der Waals surface area contributed by atoms with Gasteiger partial charge in [-0.25, -0.2) is 9.78 Å². The van der Waals surface area contributed by atoms with Crippen LogP contribution in [0.15, 0.2) is 37.2 Å². The summed E-state index contributed by atoms with van der Waals surface area (Å²) in [4.78, 5) is 43.8. The van der Waals surface area contributed by atoms with E-state index in [4.69, 9.17) is 27.1 Å². The topological polar surface area (TPSA) is 147 Å². The Morgan fingerprint density at radius 1 is 1.41 bits per heavy atom. The first-order valence-electron chi connectivity index (χ1n) is 9.67. The molecule has 3 rings (SSSR count). The van der Waals surface area contributed by atoms with E-state index >= 15 is 0 Å². The summed E-state index contributed by atoms with van der Waals surface area (Å²) in [6.45, 7) is -1.81. The predicted octanol–water partition coefficient (Wildman–Crippen LogP) is 2.21. The highest BCUT2D eigenvalue weighted by Crippen LogP contribution is 2.37. The van der Waals surface area contributed by atoms with Crippen molar-refractivity contribution in [2.45, 2.75) is 19.7 Å². The minimum atomic E-state index is -2.84. The summed E-state index contributed by atoms with van der Waals surface area (Å²) in [5.74, 6) is -2.60. The molecule has 29 heavy (non-hydrogen) atoms. The van der Waals surface area contributed by atoms with Crippen LogP contribution in [0.1, 0.15) is 36.5 Å². The Balaban J connectivity index is 2.06. The fourth-order valence-corrected chi connectivity index (χ4v) is 3.11. The number of benzene rings is 1. The number of aromatic nitrogens is 5. The SMILES string of the molecule is [2H]C([2H])([2H])C([2H])(C)c1nc(Oc2c(Cl)cc(-n3nc(C#N)c(=O)[nH]c3=O)cc2Br)c[nH]c1=O. The minimum Gasteiger partial charge on any atom is -0.435 e. The molecular formula is C17H12BrClN6O4. The number of nitrogens with one attached hydrogen (secondary N) is 2. The zero-order chi connectivity index (χ0) is 24.7. The predicted molar refractivity (Wildman–Crippen MR) is 107 cm³/mol. The fourth-order valence-electron chi connectivity index (χ4n) is 2.21. The first kappa shape index (κ1) is 15.7. The van der Waals surface area contributed by atoms with Gasteiger partial charge >= 0.3 is 5.69 Å². The summed E-state index contributed by atoms with van der Waals surface area (Å²) in [7, 11) is 0. The molecule has 10 nitrogen and oxygen atoms in total. The third-order valence-electron chi connectivity index (χ3n) is 3.49. The Morgan fingerprint density at radius 3 is 2.83 bits per heavy atom. The number of rotatable bonds is 4. The van der Waals surface area contributed by atoms with E-state index in [2.05, 4.69) is 31.0 Å². The van der Waals surface area contributed by atoms with Crippen molar-refractivity contribution in [1.82, 2.24) is 24.7 Å². The van der Waals surface area contributed by atoms with Crippen molar-refractivity contribution in [2.24, 2.45) is 0 Å². The van der Waals surface area contributed by atoms with E-state index in [9.17, 15) is 14.4 Å². The van der Waals surface area contributed by atoms with Gasteiger partial charge in [0, 0.05) is 11.4 Å². The lowest BCUT2D eigenvalue weighted by Gasteiger charge is -2.12. The summed E-state index contributed by atoms with van der Waals surface area (Å²) < 4.78 is 37.1. The zero-order valence-electron chi connectivity index (χ0n) is 18.4. The molecule has 12 heteroatoms. The van der Waals surface area contributed by atoms with Gasteiger partial charge in [-0.2, -0.15) is 9.94 Å². The molecule has 0 aliphatic carbocycles. The molecule has 0 bridgehead atoms. The van der Waals surface area contributed by atoms with Crippen LogP contribution in [0.25, 0.3) is 5.69 Å². The quantitative estimate of drug-likeness (QED) is 0.578. The molecule has 0 saturated carbocycles. The lowest BCUT2D eigenvalue weighted by Crippen LogP contribution is -2.33. The lowest BCUT2D eigenvalue weighted by molar-refractivity contribution is 0.452. The first-order valence-corrected chi connectivity index (χ1v) is 8.84. The molecule has 0 radical (unpaired) electrons. The second-order valence-electron chi connectivity index (χ2n) is 5.51. The maximum Gasteiger partial charge on any atom is 0.349 e. The van der Waals surface area contributed by atoms with Crippen LogP contribution < -0.4 is 21.5 Å². The second-order valence-corrected chi connectivity index (χ2v) is 6.78. The van der Waals surface area contributed by atoms with Crippen LogP contribution in [0.4, 0.5) is 0 Å². The Bertz CT molecular complexity index is 1450. The molecule has 148 valence electrons. The molecule has 0 aliphatic heterocycles. The van der Waals surface area contributed by atoms with Crippen molar-refractivity contribution in [3.63, 3.8) is 0 Å². The number of H-pyrrole nitrogens is 2. The average molecular weight is 484 g/mol. The van der Waals surface area contributed by atoms with Crippen LogP contribution in [-0.4, -0.2) is 24.7 Å². The number of hydrogen-bond acceptors (Lipinski definition) is 7. The van der Waals surface area contributed by atoms with Gasteiger partial charge in [-0.05, 0) is 28.1 Å². The maximum atomic E-state index is 12.1. The molecule has 0 aliphatic rings. The molecule has 1 atom stereocenters. The minimum absolute atomic E-state index is 0.0236. The zero-order valence-corrected chi connectivity index (χ0v) is 16.8. The summed E-state index contributed by atoms with van der Waals surface area (Å²) in [6.07, 6.45) is 1.06. The molecule has 1 aromatic carbocycles. The molecule has 1 unspecified atom stereocenters. The van der Waals surface area contributed by atoms with Crippen LogP contribution in [-0.2, 0) is 0 Å². The normalized spacial score (nSPS) is 15.2. The van der Waals surface area contributed by atoms with Gasteiger partial charge in [0.2, 0.25) is 11.6 Å². The molecule has 0 amide bonds. The molecule has 3 aromatic rings. The summed E-state index contributed by atoms with van der Waals surface area (Å²) in [5.41, 5.74) is -3.78. The average Bonchev–Trinajstić information content (AvgIpc) is 2.71. The molecule has 0 saturated heterocycles. The second kappa shape index (κ2) is 8.02. The van der Waals surface area contributed by atoms with Crippen LogP contribution in [0, 0.1) is 11.3 Å².